The maximum Gasteiger partial charge on any atom is 0.338 e. The molecule has 2 heterocycles. The first-order valence-electron chi connectivity index (χ1n) is 9.92. The summed E-state index contributed by atoms with van der Waals surface area (Å²) in [6.45, 7) is 13.6. The average molecular weight is 360 g/mol. The molecule has 2 saturated heterocycles. The Morgan fingerprint density at radius 3 is 2.27 bits per heavy atom. The Labute approximate surface area is 157 Å². The first-order chi connectivity index (χ1) is 12.4. The van der Waals surface area contributed by atoms with Gasteiger partial charge < -0.3 is 15.0 Å². The minimum atomic E-state index is -0.458. The lowest BCUT2D eigenvalue weighted by Crippen LogP contribution is -2.48. The van der Waals surface area contributed by atoms with Gasteiger partial charge in [0.15, 0.2) is 0 Å². The van der Waals surface area contributed by atoms with Crippen LogP contribution in [0.5, 0.6) is 0 Å². The number of anilines is 1. The lowest BCUT2D eigenvalue weighted by Gasteiger charge is -2.38. The summed E-state index contributed by atoms with van der Waals surface area (Å²) in [5.41, 5.74) is 1.35. The molecule has 0 unspecified atom stereocenters. The first kappa shape index (κ1) is 19.2. The third kappa shape index (κ3) is 5.45. The van der Waals surface area contributed by atoms with Gasteiger partial charge in [-0.1, -0.05) is 0 Å². The van der Waals surface area contributed by atoms with E-state index >= 15 is 0 Å². The molecular weight excluding hydrogens is 326 g/mol. The summed E-state index contributed by atoms with van der Waals surface area (Å²) < 4.78 is 5.43. The molecule has 1 N–H and O–H groups in total. The number of hydrogen-bond donors (Lipinski definition) is 1. The number of piperazine rings is 1. The van der Waals surface area contributed by atoms with E-state index in [0.717, 1.165) is 32.1 Å². The number of carbonyl (C=O) groups excluding carboxylic acids is 1. The lowest BCUT2D eigenvalue weighted by molar-refractivity contribution is 0.00695. The Bertz CT molecular complexity index is 580. The molecule has 0 radical (unpaired) electrons. The van der Waals surface area contributed by atoms with Gasteiger partial charge in [0.1, 0.15) is 5.60 Å². The Kier molecular flexibility index (Phi) is 6.20. The molecule has 0 bridgehead atoms. The van der Waals surface area contributed by atoms with E-state index in [9.17, 15) is 4.79 Å². The zero-order valence-electron chi connectivity index (χ0n) is 16.5. The van der Waals surface area contributed by atoms with Crippen molar-refractivity contribution in [3.05, 3.63) is 29.8 Å². The van der Waals surface area contributed by atoms with Gasteiger partial charge in [0.25, 0.3) is 0 Å². The fourth-order valence-corrected chi connectivity index (χ4v) is 3.76. The minimum absolute atomic E-state index is 0.254. The molecule has 5 nitrogen and oxygen atoms in total. The van der Waals surface area contributed by atoms with Crippen molar-refractivity contribution in [3.8, 4) is 0 Å². The predicted octanol–water partition coefficient (Wildman–Crippen LogP) is 2.76. The maximum absolute atomic E-state index is 12.1. The van der Waals surface area contributed by atoms with Crippen LogP contribution in [0.4, 0.5) is 5.69 Å². The standard InChI is InChI=1S/C21H33N3O2/c1-21(2,3)26-20(25)18-4-6-19(7-5-18)24-14-12-23(13-15-24)16-17-8-10-22-11-9-17/h4-7,17,22H,8-16H2,1-3H3. The van der Waals surface area contributed by atoms with Crippen molar-refractivity contribution in [1.29, 1.82) is 0 Å². The summed E-state index contributed by atoms with van der Waals surface area (Å²) >= 11 is 0. The van der Waals surface area contributed by atoms with Crippen molar-refractivity contribution in [2.45, 2.75) is 39.2 Å². The molecule has 0 aliphatic carbocycles. The summed E-state index contributed by atoms with van der Waals surface area (Å²) in [6, 6.07) is 7.85. The van der Waals surface area contributed by atoms with Crippen molar-refractivity contribution < 1.29 is 9.53 Å². The largest absolute Gasteiger partial charge is 0.456 e. The van der Waals surface area contributed by atoms with Crippen LogP contribution < -0.4 is 10.2 Å². The van der Waals surface area contributed by atoms with E-state index in [1.807, 2.05) is 45.0 Å². The van der Waals surface area contributed by atoms with Gasteiger partial charge in [-0.2, -0.15) is 0 Å². The molecule has 5 heteroatoms. The molecule has 2 fully saturated rings. The van der Waals surface area contributed by atoms with E-state index in [2.05, 4.69) is 15.1 Å². The number of piperidine rings is 1. The van der Waals surface area contributed by atoms with Gasteiger partial charge in [0.2, 0.25) is 0 Å². The molecule has 3 rings (SSSR count). The molecule has 2 aliphatic heterocycles. The van der Waals surface area contributed by atoms with Gasteiger partial charge in [0.05, 0.1) is 5.56 Å². The molecule has 2 aliphatic rings. The Hall–Kier alpha value is -1.59. The fourth-order valence-electron chi connectivity index (χ4n) is 3.76. The summed E-state index contributed by atoms with van der Waals surface area (Å²) in [7, 11) is 0. The van der Waals surface area contributed by atoms with Crippen molar-refractivity contribution in [2.75, 3.05) is 50.7 Å². The van der Waals surface area contributed by atoms with Crippen molar-refractivity contribution >= 4 is 11.7 Å². The highest BCUT2D eigenvalue weighted by Gasteiger charge is 2.22. The molecule has 1 aromatic carbocycles. The van der Waals surface area contributed by atoms with Crippen LogP contribution in [0.3, 0.4) is 0 Å². The van der Waals surface area contributed by atoms with Gasteiger partial charge in [-0.3, -0.25) is 4.90 Å². The second-order valence-corrected chi connectivity index (χ2v) is 8.53. The van der Waals surface area contributed by atoms with Crippen LogP contribution in [0.1, 0.15) is 44.0 Å². The fraction of sp³-hybridized carbons (Fsp3) is 0.667. The highest BCUT2D eigenvalue weighted by atomic mass is 16.6. The third-order valence-corrected chi connectivity index (χ3v) is 5.21. The SMILES string of the molecule is CC(C)(C)OC(=O)c1ccc(N2CCN(CC3CCNCC3)CC2)cc1. The third-order valence-electron chi connectivity index (χ3n) is 5.21. The number of rotatable bonds is 4. The smallest absolute Gasteiger partial charge is 0.338 e. The summed E-state index contributed by atoms with van der Waals surface area (Å²) in [5, 5.41) is 3.45. The molecular formula is C21H33N3O2. The van der Waals surface area contributed by atoms with E-state index in [0.29, 0.717) is 5.56 Å². The number of ether oxygens (including phenoxy) is 1. The van der Waals surface area contributed by atoms with Crippen LogP contribution in [-0.4, -0.2) is 62.3 Å². The molecule has 0 aromatic heterocycles. The maximum atomic E-state index is 12.1. The number of esters is 1. The molecule has 26 heavy (non-hydrogen) atoms. The molecule has 144 valence electrons. The summed E-state index contributed by atoms with van der Waals surface area (Å²) in [5.74, 6) is 0.603. The van der Waals surface area contributed by atoms with Crippen LogP contribution in [0.2, 0.25) is 0 Å². The van der Waals surface area contributed by atoms with Gasteiger partial charge in [0, 0.05) is 38.4 Å². The van der Waals surface area contributed by atoms with Gasteiger partial charge >= 0.3 is 5.97 Å². The average Bonchev–Trinajstić information content (AvgIpc) is 2.62. The van der Waals surface area contributed by atoms with Gasteiger partial charge in [-0.25, -0.2) is 4.79 Å². The summed E-state index contributed by atoms with van der Waals surface area (Å²) in [6.07, 6.45) is 2.62. The van der Waals surface area contributed by atoms with E-state index in [-0.39, 0.29) is 5.97 Å². The second-order valence-electron chi connectivity index (χ2n) is 8.53. The summed E-state index contributed by atoms with van der Waals surface area (Å²) in [4.78, 5) is 17.2. The van der Waals surface area contributed by atoms with Gasteiger partial charge in [-0.15, -0.1) is 0 Å². The molecule has 0 saturated carbocycles. The normalized spacial score (nSPS) is 20.2. The van der Waals surface area contributed by atoms with E-state index in [1.54, 1.807) is 0 Å². The van der Waals surface area contributed by atoms with Crippen molar-refractivity contribution in [1.82, 2.24) is 10.2 Å². The zero-order chi connectivity index (χ0) is 18.6. The van der Waals surface area contributed by atoms with Crippen molar-refractivity contribution in [3.63, 3.8) is 0 Å². The Morgan fingerprint density at radius 1 is 1.08 bits per heavy atom. The van der Waals surface area contributed by atoms with Crippen LogP contribution in [0, 0.1) is 5.92 Å². The topological polar surface area (TPSA) is 44.8 Å². The molecule has 1 aromatic rings. The van der Waals surface area contributed by atoms with E-state index in [1.165, 1.54) is 38.2 Å². The Morgan fingerprint density at radius 2 is 1.69 bits per heavy atom. The highest BCUT2D eigenvalue weighted by Crippen LogP contribution is 2.20. The molecule has 0 spiro atoms. The number of nitrogens with zero attached hydrogens (tertiary/aromatic N) is 2. The van der Waals surface area contributed by atoms with Gasteiger partial charge in [-0.05, 0) is 76.9 Å². The van der Waals surface area contributed by atoms with E-state index in [4.69, 9.17) is 4.74 Å². The monoisotopic (exact) mass is 359 g/mol. The van der Waals surface area contributed by atoms with E-state index < -0.39 is 5.60 Å². The Balaban J connectivity index is 1.49. The first-order valence-corrected chi connectivity index (χ1v) is 9.92. The zero-order valence-corrected chi connectivity index (χ0v) is 16.5. The molecule has 0 atom stereocenters. The quantitative estimate of drug-likeness (QED) is 0.838. The lowest BCUT2D eigenvalue weighted by atomic mass is 9.97. The number of benzene rings is 1. The number of nitrogens with one attached hydrogen (secondary N) is 1. The van der Waals surface area contributed by atoms with Crippen LogP contribution in [0.15, 0.2) is 24.3 Å². The minimum Gasteiger partial charge on any atom is -0.456 e. The number of hydrogen-bond acceptors (Lipinski definition) is 5. The highest BCUT2D eigenvalue weighted by molar-refractivity contribution is 5.90. The second kappa shape index (κ2) is 8.40. The van der Waals surface area contributed by atoms with Crippen molar-refractivity contribution in [2.24, 2.45) is 5.92 Å². The van der Waals surface area contributed by atoms with Crippen LogP contribution in [0.25, 0.3) is 0 Å². The number of carbonyl (C=O) groups is 1. The predicted molar refractivity (Wildman–Crippen MR) is 106 cm³/mol. The van der Waals surface area contributed by atoms with Crippen LogP contribution >= 0.6 is 0 Å². The van der Waals surface area contributed by atoms with Crippen LogP contribution in [-0.2, 0) is 4.74 Å². The molecule has 0 amide bonds.